The summed E-state index contributed by atoms with van der Waals surface area (Å²) < 4.78 is 57.7. The molecule has 0 saturated carbocycles. The molecule has 9 aromatic rings. The van der Waals surface area contributed by atoms with Crippen molar-refractivity contribution in [2.75, 3.05) is 141 Å². The molecule has 124 heavy (non-hydrogen) atoms. The quantitative estimate of drug-likeness (QED) is 0.00998. The standard InChI is InChI=1S/C31H40FN5O3.C30H39FN6O3.C20H33FN4O3.C10H7ClN2.2CH3.Pd/c1-40-22-26(32)21-37(16-6-5-11-27-13-12-24-10-7-15-33-30(24)36-27)17-14-25(31(38)39)18-28-19-35-29(20-34-28)23-8-3-2-4-9-23;1-40-21-24(31)20-37(16-6-5-11-25-13-12-23-10-7-15-32-29(23)35-25)17-14-26(30(38)39)36-28-19-33-27(18-34-28)22-8-3-2-4-9-22;1-28-14-16(21)13-25(12-9-18(22)20(26)27)11-3-2-6-17-8-7-15-5-4-10-23-19(15)24-17;11-9-6-12-10(13-7-9)8-4-2-1-3-5-8;;;/h2-4,8-9,12-13,19-20,25-26H,5-7,10-11,14-18,21-22H2,1H3,(H,33,36)(H,38,39);2-4,8-9,12-13,18-19,24,26H,5-7,10-11,14-17,20-21H2,1H3,(H,32,35)(H,34,36)(H,38,39);7-8,16,18H,2-6,9-14,22H2,1H3,(H,23,24)(H,26,27);1-7H;2*1H3;/q;;;;2*-1;+2/t25-,26+;24-,26-;16-,18-;;;;/m100..../s1. The van der Waals surface area contributed by atoms with Gasteiger partial charge in [0.15, 0.2) is 5.82 Å². The number of anilines is 4. The number of alkyl halides is 3. The van der Waals surface area contributed by atoms with Crippen LogP contribution in [0, 0.1) is 20.8 Å². The number of carboxylic acid groups (broad SMARTS) is 3. The first kappa shape index (κ1) is 103. The number of unbranched alkanes of at least 4 members (excludes halogenated alkanes) is 3. The maximum absolute atomic E-state index is 14.5. The van der Waals surface area contributed by atoms with Crippen LogP contribution in [0.4, 0.5) is 36.4 Å². The summed E-state index contributed by atoms with van der Waals surface area (Å²) in [6, 6.07) is 40.1. The van der Waals surface area contributed by atoms with Crippen LogP contribution in [-0.4, -0.2) is 243 Å². The van der Waals surface area contributed by atoms with Crippen molar-refractivity contribution in [1.82, 2.24) is 59.6 Å². The first-order valence-corrected chi connectivity index (χ1v) is 42.5. The maximum Gasteiger partial charge on any atom is 2.00 e. The molecule has 31 heteroatoms. The van der Waals surface area contributed by atoms with Gasteiger partial charge < -0.3 is 86.1 Å². The SMILES string of the molecule is COC[C@@H](F)CN(CCCCc1ccc2c(n1)NCCC2)CC[C@H](Cc1cnc(-c2ccccc2)cn1)C(=O)O.COC[C@@H](F)CN(CCCCc1ccc2c(n1)NCCC2)CC[C@H](N)C(=O)O.COC[C@@H](F)CN(CCCCc1ccc2c(n1)NCCC2)CC[C@H](Nc1cnc(-c2ccccc2)cn1)C(=O)O.Clc1cnc(-c2ccccc2)nc1.[CH3-].[CH3-].[Pd+2]. The van der Waals surface area contributed by atoms with Gasteiger partial charge in [-0.25, -0.2) is 47.9 Å². The molecule has 12 rings (SSSR count). The van der Waals surface area contributed by atoms with Crippen LogP contribution in [0.3, 0.4) is 0 Å². The van der Waals surface area contributed by atoms with Crippen molar-refractivity contribution in [1.29, 1.82) is 0 Å². The predicted molar refractivity (Wildman–Crippen MR) is 481 cm³/mol. The summed E-state index contributed by atoms with van der Waals surface area (Å²) in [5.74, 6) is 0.560. The summed E-state index contributed by atoms with van der Waals surface area (Å²) in [5.41, 5.74) is 17.6. The van der Waals surface area contributed by atoms with E-state index in [-0.39, 0.29) is 87.6 Å². The van der Waals surface area contributed by atoms with Gasteiger partial charge in [-0.05, 0) is 177 Å². The van der Waals surface area contributed by atoms with Gasteiger partial charge in [0.1, 0.15) is 53.9 Å². The summed E-state index contributed by atoms with van der Waals surface area (Å²) in [5, 5.41) is 42.3. The van der Waals surface area contributed by atoms with Gasteiger partial charge >= 0.3 is 38.3 Å². The molecule has 0 saturated heterocycles. The minimum absolute atomic E-state index is 0. The van der Waals surface area contributed by atoms with Crippen molar-refractivity contribution in [2.24, 2.45) is 11.7 Å². The molecule has 6 aromatic heterocycles. The Bertz CT molecular complexity index is 4300. The van der Waals surface area contributed by atoms with E-state index < -0.39 is 54.4 Å². The Morgan fingerprint density at radius 3 is 1.23 bits per heavy atom. The van der Waals surface area contributed by atoms with E-state index in [1.807, 2.05) is 106 Å². The topological polar surface area (TPSA) is 339 Å². The third-order valence-electron chi connectivity index (χ3n) is 20.9. The van der Waals surface area contributed by atoms with Crippen LogP contribution in [0.1, 0.15) is 117 Å². The van der Waals surface area contributed by atoms with Gasteiger partial charge in [0.05, 0.1) is 66.4 Å². The monoisotopic (exact) mass is 1820 g/mol. The van der Waals surface area contributed by atoms with E-state index in [0.717, 1.165) is 173 Å². The molecule has 0 amide bonds. The van der Waals surface area contributed by atoms with Gasteiger partial charge in [0.2, 0.25) is 0 Å². The molecule has 26 nitrogen and oxygen atoms in total. The fourth-order valence-electron chi connectivity index (χ4n) is 14.4. The van der Waals surface area contributed by atoms with Crippen molar-refractivity contribution < 1.29 is 77.5 Å². The summed E-state index contributed by atoms with van der Waals surface area (Å²) in [6.07, 6.45) is 22.1. The number of aryl methyl sites for hydroxylation is 6. The summed E-state index contributed by atoms with van der Waals surface area (Å²) in [7, 11) is 4.44. The van der Waals surface area contributed by atoms with Crippen LogP contribution in [0.2, 0.25) is 5.02 Å². The number of nitrogens with one attached hydrogen (secondary N) is 4. The number of halogens is 4. The Morgan fingerprint density at radius 2 is 0.855 bits per heavy atom. The normalized spacial score (nSPS) is 13.8. The molecule has 674 valence electrons. The molecule has 3 aromatic carbocycles. The van der Waals surface area contributed by atoms with E-state index >= 15 is 0 Å². The van der Waals surface area contributed by atoms with Crippen LogP contribution in [-0.2, 0) is 94.0 Å². The number of nitrogens with zero attached hydrogens (tertiary/aromatic N) is 12. The van der Waals surface area contributed by atoms with Crippen LogP contribution in [0.15, 0.2) is 165 Å². The van der Waals surface area contributed by atoms with Crippen LogP contribution in [0.5, 0.6) is 0 Å². The Labute approximate surface area is 748 Å². The zero-order chi connectivity index (χ0) is 85.8. The van der Waals surface area contributed by atoms with E-state index in [9.17, 15) is 37.8 Å². The minimum atomic E-state index is -1.15. The number of nitrogens with two attached hydrogens (primary N) is 1. The second kappa shape index (κ2) is 57.8. The average molecular weight is 1820 g/mol. The molecule has 6 atom stereocenters. The Hall–Kier alpha value is -9.58. The maximum atomic E-state index is 14.5. The van der Waals surface area contributed by atoms with Gasteiger partial charge in [-0.2, -0.15) is 0 Å². The first-order valence-electron chi connectivity index (χ1n) is 42.1. The molecule has 0 radical (unpaired) electrons. The molecule has 0 aliphatic carbocycles. The summed E-state index contributed by atoms with van der Waals surface area (Å²) >= 11 is 5.67. The van der Waals surface area contributed by atoms with E-state index in [1.54, 1.807) is 31.0 Å². The van der Waals surface area contributed by atoms with Crippen LogP contribution >= 0.6 is 11.6 Å². The Balaban J connectivity index is 0.000000268. The van der Waals surface area contributed by atoms with Crippen molar-refractivity contribution >= 4 is 52.8 Å². The molecule has 0 fully saturated rings. The number of benzene rings is 3. The minimum Gasteiger partial charge on any atom is -0.481 e. The smallest absolute Gasteiger partial charge is 0.481 e. The predicted octanol–water partition coefficient (Wildman–Crippen LogP) is 14.8. The Kier molecular flexibility index (Phi) is 48.1. The summed E-state index contributed by atoms with van der Waals surface area (Å²) in [4.78, 5) is 81.1. The number of fused-ring (bicyclic) bond motifs is 3. The van der Waals surface area contributed by atoms with Gasteiger partial charge in [-0.3, -0.25) is 24.5 Å². The number of methoxy groups -OCH3 is 3. The number of hydrogen-bond acceptors (Lipinski definition) is 23. The van der Waals surface area contributed by atoms with Crippen LogP contribution in [0.25, 0.3) is 33.9 Å². The van der Waals surface area contributed by atoms with Crippen molar-refractivity contribution in [3.05, 3.63) is 224 Å². The zero-order valence-electron chi connectivity index (χ0n) is 72.2. The van der Waals surface area contributed by atoms with Crippen molar-refractivity contribution in [2.45, 2.75) is 153 Å². The second-order valence-corrected chi connectivity index (χ2v) is 31.0. The number of ether oxygens (including phenoxy) is 3. The van der Waals surface area contributed by atoms with Gasteiger partial charge in [-0.1, -0.05) is 121 Å². The number of hydrogen-bond donors (Lipinski definition) is 8. The van der Waals surface area contributed by atoms with Gasteiger partial charge in [-0.15, -0.1) is 0 Å². The van der Waals surface area contributed by atoms with E-state index in [0.29, 0.717) is 80.2 Å². The first-order chi connectivity index (χ1) is 58.9. The molecule has 9 heterocycles. The molecule has 3 aliphatic heterocycles. The number of aromatic nitrogens is 9. The number of carbonyl (C=O) groups is 3. The third kappa shape index (κ3) is 37.3. The van der Waals surface area contributed by atoms with Crippen molar-refractivity contribution in [3.63, 3.8) is 0 Å². The molecule has 3 aliphatic rings. The molecule has 9 N–H and O–H groups in total. The number of rotatable bonds is 46. The van der Waals surface area contributed by atoms with E-state index in [2.05, 4.69) is 87.6 Å². The molecule has 0 unspecified atom stereocenters. The van der Waals surface area contributed by atoms with E-state index in [4.69, 9.17) is 51.6 Å². The fourth-order valence-corrected chi connectivity index (χ4v) is 14.5. The van der Waals surface area contributed by atoms with Crippen LogP contribution < -0.4 is 27.0 Å². The van der Waals surface area contributed by atoms with Gasteiger partial charge in [0.25, 0.3) is 0 Å². The largest absolute Gasteiger partial charge is 2.00 e. The van der Waals surface area contributed by atoms with E-state index in [1.165, 1.54) is 44.2 Å². The van der Waals surface area contributed by atoms with Crippen molar-refractivity contribution in [3.8, 4) is 33.9 Å². The molecule has 0 spiro atoms. The zero-order valence-corrected chi connectivity index (χ0v) is 74.5. The number of carboxylic acids is 3. The molecular formula is C93H125ClF3N17O9Pd. The summed E-state index contributed by atoms with van der Waals surface area (Å²) in [6.45, 7) is 6.99. The third-order valence-corrected chi connectivity index (χ3v) is 21.1. The fraction of sp³-hybridized carbons (Fsp3) is 0.462. The number of pyridine rings is 3. The second-order valence-electron chi connectivity index (χ2n) is 30.5. The van der Waals surface area contributed by atoms with Gasteiger partial charge in [0, 0.05) is 132 Å². The number of aliphatic carboxylic acids is 3. The average Bonchev–Trinajstić information content (AvgIpc) is 0.836. The molecule has 0 bridgehead atoms. The molecular weight excluding hydrogens is 1700 g/mol. The Morgan fingerprint density at radius 1 is 0.460 bits per heavy atom.